The minimum absolute atomic E-state index is 0.263. The first kappa shape index (κ1) is 34.4. The molecule has 44 heavy (non-hydrogen) atoms. The Bertz CT molecular complexity index is 1280. The van der Waals surface area contributed by atoms with Crippen molar-refractivity contribution in [3.63, 3.8) is 0 Å². The monoisotopic (exact) mass is 599 g/mol. The van der Waals surface area contributed by atoms with Gasteiger partial charge in [-0.2, -0.15) is 0 Å². The number of nitrogens with one attached hydrogen (secondary N) is 2. The Kier molecular flexibility index (Phi) is 13.9. The van der Waals surface area contributed by atoms with Gasteiger partial charge >= 0.3 is 6.09 Å². The number of alkyl carbamates (subject to hydrolysis) is 1. The molecule has 3 aromatic carbocycles. The number of carbonyl (C=O) groups is 3. The van der Waals surface area contributed by atoms with E-state index in [2.05, 4.69) is 17.6 Å². The second-order valence-corrected chi connectivity index (χ2v) is 12.2. The highest BCUT2D eigenvalue weighted by Crippen LogP contribution is 2.25. The second kappa shape index (κ2) is 17.9. The molecular formula is C37H49N3O4. The molecule has 3 amide bonds. The van der Waals surface area contributed by atoms with Gasteiger partial charge in [-0.05, 0) is 43.9 Å². The van der Waals surface area contributed by atoms with E-state index in [9.17, 15) is 14.4 Å². The van der Waals surface area contributed by atoms with Crippen LogP contribution >= 0.6 is 0 Å². The van der Waals surface area contributed by atoms with Gasteiger partial charge < -0.3 is 20.3 Å². The van der Waals surface area contributed by atoms with Crippen LogP contribution in [0.1, 0.15) is 89.0 Å². The van der Waals surface area contributed by atoms with Crippen molar-refractivity contribution in [2.75, 3.05) is 6.54 Å². The van der Waals surface area contributed by atoms with Crippen molar-refractivity contribution in [2.24, 2.45) is 0 Å². The van der Waals surface area contributed by atoms with Crippen LogP contribution in [0.2, 0.25) is 0 Å². The van der Waals surface area contributed by atoms with Crippen molar-refractivity contribution in [3.05, 3.63) is 108 Å². The Hall–Kier alpha value is -4.13. The summed E-state index contributed by atoms with van der Waals surface area (Å²) < 4.78 is 5.55. The van der Waals surface area contributed by atoms with Gasteiger partial charge in [-0.15, -0.1) is 0 Å². The lowest BCUT2D eigenvalue weighted by Gasteiger charge is -2.34. The number of carbonyl (C=O) groups excluding carboxylic acids is 3. The average molecular weight is 600 g/mol. The van der Waals surface area contributed by atoms with E-state index in [-0.39, 0.29) is 18.2 Å². The van der Waals surface area contributed by atoms with Crippen molar-refractivity contribution in [1.29, 1.82) is 0 Å². The van der Waals surface area contributed by atoms with E-state index in [0.717, 1.165) is 43.2 Å². The zero-order chi connectivity index (χ0) is 31.8. The van der Waals surface area contributed by atoms with Gasteiger partial charge in [0.2, 0.25) is 11.8 Å². The molecule has 0 radical (unpaired) electrons. The molecule has 0 aliphatic rings. The second-order valence-electron chi connectivity index (χ2n) is 12.2. The first-order valence-corrected chi connectivity index (χ1v) is 15.9. The Morgan fingerprint density at radius 3 is 1.89 bits per heavy atom. The van der Waals surface area contributed by atoms with Crippen molar-refractivity contribution in [1.82, 2.24) is 15.5 Å². The summed E-state index contributed by atoms with van der Waals surface area (Å²) in [7, 11) is 0. The summed E-state index contributed by atoms with van der Waals surface area (Å²) in [4.78, 5) is 43.2. The highest BCUT2D eigenvalue weighted by Gasteiger charge is 2.36. The number of amides is 3. The number of ether oxygens (including phenoxy) is 1. The summed E-state index contributed by atoms with van der Waals surface area (Å²) in [6.07, 6.45) is 5.82. The van der Waals surface area contributed by atoms with Gasteiger partial charge in [-0.3, -0.25) is 9.59 Å². The highest BCUT2D eigenvalue weighted by atomic mass is 16.6. The summed E-state index contributed by atoms with van der Waals surface area (Å²) in [5.74, 6) is -0.591. The molecular weight excluding hydrogens is 550 g/mol. The summed E-state index contributed by atoms with van der Waals surface area (Å²) in [6, 6.07) is 26.9. The molecule has 2 N–H and O–H groups in total. The maximum atomic E-state index is 14.6. The molecule has 3 rings (SSSR count). The molecule has 0 aliphatic heterocycles. The smallest absolute Gasteiger partial charge is 0.408 e. The number of hydrogen-bond donors (Lipinski definition) is 2. The Balaban J connectivity index is 1.96. The fourth-order valence-electron chi connectivity index (χ4n) is 5.12. The van der Waals surface area contributed by atoms with Gasteiger partial charge in [-0.25, -0.2) is 4.79 Å². The third-order valence-corrected chi connectivity index (χ3v) is 7.29. The molecule has 7 nitrogen and oxygen atoms in total. The quantitative estimate of drug-likeness (QED) is 0.168. The standard InChI is InChI=1S/C37H49N3O4/c1-5-6-7-8-9-19-26-40(33(31-24-17-12-18-25-31)34(41)38-28-30-22-15-11-16-23-30)35(42)32(27-29-20-13-10-14-21-29)39-36(43)44-37(2,3)4/h10-18,20-25,32-33H,5-9,19,26-28H2,1-4H3,(H,38,41)(H,39,43). The molecule has 0 saturated heterocycles. The highest BCUT2D eigenvalue weighted by molar-refractivity contribution is 5.92. The molecule has 236 valence electrons. The lowest BCUT2D eigenvalue weighted by molar-refractivity contribution is -0.142. The lowest BCUT2D eigenvalue weighted by Crippen LogP contribution is -2.54. The molecule has 0 saturated carbocycles. The number of unbranched alkanes of at least 4 members (excludes halogenated alkanes) is 5. The van der Waals surface area contributed by atoms with Gasteiger partial charge in [-0.1, -0.05) is 130 Å². The average Bonchev–Trinajstić information content (AvgIpc) is 3.01. The van der Waals surface area contributed by atoms with Crippen molar-refractivity contribution >= 4 is 17.9 Å². The van der Waals surface area contributed by atoms with Crippen molar-refractivity contribution in [3.8, 4) is 0 Å². The zero-order valence-electron chi connectivity index (χ0n) is 26.8. The zero-order valence-corrected chi connectivity index (χ0v) is 26.8. The fraction of sp³-hybridized carbons (Fsp3) is 0.432. The number of hydrogen-bond acceptors (Lipinski definition) is 4. The van der Waals surface area contributed by atoms with Gasteiger partial charge in [0.1, 0.15) is 17.7 Å². The molecule has 0 fully saturated rings. The van der Waals surface area contributed by atoms with Crippen LogP contribution < -0.4 is 10.6 Å². The van der Waals surface area contributed by atoms with E-state index in [4.69, 9.17) is 4.74 Å². The molecule has 2 unspecified atom stereocenters. The molecule has 0 aliphatic carbocycles. The number of nitrogens with zero attached hydrogens (tertiary/aromatic N) is 1. The van der Waals surface area contributed by atoms with E-state index in [1.165, 1.54) is 6.42 Å². The SMILES string of the molecule is CCCCCCCCN(C(=O)C(Cc1ccccc1)NC(=O)OC(C)(C)C)C(C(=O)NCc1ccccc1)c1ccccc1. The Morgan fingerprint density at radius 2 is 1.30 bits per heavy atom. The summed E-state index contributed by atoms with van der Waals surface area (Å²) in [5, 5.41) is 5.91. The van der Waals surface area contributed by atoms with Gasteiger partial charge in [0.25, 0.3) is 0 Å². The van der Waals surface area contributed by atoms with E-state index in [0.29, 0.717) is 18.7 Å². The van der Waals surface area contributed by atoms with Crippen LogP contribution in [0.25, 0.3) is 0 Å². The van der Waals surface area contributed by atoms with E-state index < -0.39 is 23.8 Å². The lowest BCUT2D eigenvalue weighted by atomic mass is 9.99. The first-order chi connectivity index (χ1) is 21.2. The maximum Gasteiger partial charge on any atom is 0.408 e. The largest absolute Gasteiger partial charge is 0.444 e. The van der Waals surface area contributed by atoms with Crippen LogP contribution in [0.3, 0.4) is 0 Å². The molecule has 0 heterocycles. The van der Waals surface area contributed by atoms with Crippen LogP contribution in [-0.4, -0.2) is 41.0 Å². The van der Waals surface area contributed by atoms with Crippen molar-refractivity contribution in [2.45, 2.75) is 96.9 Å². The van der Waals surface area contributed by atoms with E-state index >= 15 is 0 Å². The molecule has 0 spiro atoms. The molecule has 7 heteroatoms. The summed E-state index contributed by atoms with van der Waals surface area (Å²) in [6.45, 7) is 8.26. The van der Waals surface area contributed by atoms with Gasteiger partial charge in [0, 0.05) is 19.5 Å². The Labute approximate surface area is 263 Å². The number of benzene rings is 3. The summed E-state index contributed by atoms with van der Waals surface area (Å²) >= 11 is 0. The van der Waals surface area contributed by atoms with Crippen LogP contribution in [0.4, 0.5) is 4.79 Å². The minimum atomic E-state index is -0.930. The van der Waals surface area contributed by atoms with E-state index in [1.807, 2.05) is 91.0 Å². The predicted molar refractivity (Wildman–Crippen MR) is 176 cm³/mol. The molecule has 0 bridgehead atoms. The third kappa shape index (κ3) is 11.9. The first-order valence-electron chi connectivity index (χ1n) is 15.9. The third-order valence-electron chi connectivity index (χ3n) is 7.29. The number of rotatable bonds is 16. The Morgan fingerprint density at radius 1 is 0.750 bits per heavy atom. The summed E-state index contributed by atoms with van der Waals surface area (Å²) in [5.41, 5.74) is 1.85. The minimum Gasteiger partial charge on any atom is -0.444 e. The maximum absolute atomic E-state index is 14.6. The van der Waals surface area contributed by atoms with Crippen molar-refractivity contribution < 1.29 is 19.1 Å². The molecule has 0 aromatic heterocycles. The molecule has 2 atom stereocenters. The topological polar surface area (TPSA) is 87.7 Å². The van der Waals surface area contributed by atoms with Crippen LogP contribution in [-0.2, 0) is 27.3 Å². The van der Waals surface area contributed by atoms with Crippen LogP contribution in [0.5, 0.6) is 0 Å². The predicted octanol–water partition coefficient (Wildman–Crippen LogP) is 7.37. The van der Waals surface area contributed by atoms with Crippen LogP contribution in [0, 0.1) is 0 Å². The molecule has 3 aromatic rings. The van der Waals surface area contributed by atoms with Crippen LogP contribution in [0.15, 0.2) is 91.0 Å². The normalized spacial score (nSPS) is 12.5. The van der Waals surface area contributed by atoms with E-state index in [1.54, 1.807) is 25.7 Å². The van der Waals surface area contributed by atoms with Gasteiger partial charge in [0.05, 0.1) is 0 Å². The van der Waals surface area contributed by atoms with Gasteiger partial charge in [0.15, 0.2) is 0 Å². The fourth-order valence-corrected chi connectivity index (χ4v) is 5.12.